The van der Waals surface area contributed by atoms with Crippen LogP contribution in [0.4, 0.5) is 5.69 Å². The standard InChI is InChI=1S/C24H18Cl2N2OS/c25-19-12-11-18(21(26)16-19)15-22-23(29)28(14-13-17-7-3-1-4-8-17)24(30-22)27-20-9-5-2-6-10-20/h1-12,15-16H,13-14H2/b22-15+,27-24?. The Bertz CT molecular complexity index is 1110. The number of halogens is 2. The van der Waals surface area contributed by atoms with E-state index in [1.165, 1.54) is 17.3 Å². The molecule has 0 atom stereocenters. The minimum absolute atomic E-state index is 0.0726. The molecule has 0 unspecified atom stereocenters. The third-order valence-electron chi connectivity index (χ3n) is 4.59. The predicted octanol–water partition coefficient (Wildman–Crippen LogP) is 6.84. The van der Waals surface area contributed by atoms with Crippen LogP contribution in [0.25, 0.3) is 6.08 Å². The average molecular weight is 453 g/mol. The molecule has 1 amide bonds. The maximum Gasteiger partial charge on any atom is 0.266 e. The summed E-state index contributed by atoms with van der Waals surface area (Å²) in [6, 6.07) is 25.0. The van der Waals surface area contributed by atoms with Crippen LogP contribution in [-0.4, -0.2) is 22.5 Å². The molecule has 0 bridgehead atoms. The molecule has 6 heteroatoms. The molecule has 0 spiro atoms. The van der Waals surface area contributed by atoms with Gasteiger partial charge in [0.1, 0.15) is 0 Å². The molecule has 3 aromatic carbocycles. The van der Waals surface area contributed by atoms with E-state index in [0.717, 1.165) is 17.7 Å². The smallest absolute Gasteiger partial charge is 0.266 e. The van der Waals surface area contributed by atoms with Crippen molar-refractivity contribution in [2.75, 3.05) is 6.54 Å². The average Bonchev–Trinajstić information content (AvgIpc) is 3.04. The van der Waals surface area contributed by atoms with Crippen LogP contribution in [0.3, 0.4) is 0 Å². The molecule has 1 aliphatic heterocycles. The molecule has 0 radical (unpaired) electrons. The van der Waals surface area contributed by atoms with Crippen LogP contribution in [0.5, 0.6) is 0 Å². The molecule has 30 heavy (non-hydrogen) atoms. The summed E-state index contributed by atoms with van der Waals surface area (Å²) in [6.07, 6.45) is 2.55. The number of hydrogen-bond acceptors (Lipinski definition) is 3. The zero-order valence-corrected chi connectivity index (χ0v) is 18.3. The summed E-state index contributed by atoms with van der Waals surface area (Å²) < 4.78 is 0. The lowest BCUT2D eigenvalue weighted by molar-refractivity contribution is -0.122. The van der Waals surface area contributed by atoms with E-state index in [1.54, 1.807) is 23.1 Å². The number of aliphatic imine (C=N–C) groups is 1. The Kier molecular flexibility index (Phi) is 6.58. The Morgan fingerprint density at radius 1 is 0.933 bits per heavy atom. The van der Waals surface area contributed by atoms with Crippen molar-refractivity contribution >= 4 is 57.8 Å². The van der Waals surface area contributed by atoms with Gasteiger partial charge in [-0.05, 0) is 59.7 Å². The molecule has 1 saturated heterocycles. The van der Waals surface area contributed by atoms with Gasteiger partial charge in [-0.15, -0.1) is 0 Å². The van der Waals surface area contributed by atoms with Crippen molar-refractivity contribution in [1.82, 2.24) is 4.90 Å². The van der Waals surface area contributed by atoms with Crippen molar-refractivity contribution in [2.45, 2.75) is 6.42 Å². The van der Waals surface area contributed by atoms with E-state index in [4.69, 9.17) is 28.2 Å². The zero-order valence-electron chi connectivity index (χ0n) is 16.0. The van der Waals surface area contributed by atoms with Crippen LogP contribution in [-0.2, 0) is 11.2 Å². The number of amides is 1. The highest BCUT2D eigenvalue weighted by Crippen LogP contribution is 2.35. The number of thioether (sulfide) groups is 1. The van der Waals surface area contributed by atoms with Gasteiger partial charge in [0.25, 0.3) is 5.91 Å². The number of nitrogens with zero attached hydrogens (tertiary/aromatic N) is 2. The Balaban J connectivity index is 1.65. The molecule has 4 rings (SSSR count). The van der Waals surface area contributed by atoms with Crippen molar-refractivity contribution in [2.24, 2.45) is 4.99 Å². The van der Waals surface area contributed by atoms with Crippen molar-refractivity contribution in [3.05, 3.63) is 105 Å². The molecule has 3 aromatic rings. The molecule has 0 N–H and O–H groups in total. The van der Waals surface area contributed by atoms with Crippen molar-refractivity contribution < 1.29 is 4.79 Å². The van der Waals surface area contributed by atoms with E-state index >= 15 is 0 Å². The Labute approximate surface area is 190 Å². The first kappa shape index (κ1) is 20.7. The first-order chi connectivity index (χ1) is 14.6. The molecular weight excluding hydrogens is 435 g/mol. The van der Waals surface area contributed by atoms with Gasteiger partial charge in [0, 0.05) is 16.6 Å². The van der Waals surface area contributed by atoms with Crippen LogP contribution < -0.4 is 0 Å². The summed E-state index contributed by atoms with van der Waals surface area (Å²) in [7, 11) is 0. The normalized spacial score (nSPS) is 16.6. The van der Waals surface area contributed by atoms with Gasteiger partial charge in [-0.3, -0.25) is 9.69 Å². The van der Waals surface area contributed by atoms with Crippen LogP contribution in [0.2, 0.25) is 10.0 Å². The molecule has 150 valence electrons. The van der Waals surface area contributed by atoms with E-state index in [9.17, 15) is 4.79 Å². The SMILES string of the molecule is O=C1/C(=C\c2ccc(Cl)cc2Cl)SC(=Nc2ccccc2)N1CCc1ccccc1. The number of amidine groups is 1. The Hall–Kier alpha value is -2.53. The van der Waals surface area contributed by atoms with Gasteiger partial charge >= 0.3 is 0 Å². The molecule has 1 aliphatic rings. The second-order valence-electron chi connectivity index (χ2n) is 6.70. The van der Waals surface area contributed by atoms with Crippen molar-refractivity contribution in [3.63, 3.8) is 0 Å². The van der Waals surface area contributed by atoms with Gasteiger partial charge in [-0.2, -0.15) is 0 Å². The third kappa shape index (κ3) is 4.96. The van der Waals surface area contributed by atoms with Crippen LogP contribution in [0.15, 0.2) is 88.8 Å². The van der Waals surface area contributed by atoms with Gasteiger partial charge < -0.3 is 0 Å². The lowest BCUT2D eigenvalue weighted by atomic mass is 10.1. The van der Waals surface area contributed by atoms with E-state index < -0.39 is 0 Å². The maximum absolute atomic E-state index is 13.2. The van der Waals surface area contributed by atoms with Gasteiger partial charge in [-0.1, -0.05) is 77.8 Å². The molecule has 0 saturated carbocycles. The van der Waals surface area contributed by atoms with E-state index in [-0.39, 0.29) is 5.91 Å². The van der Waals surface area contributed by atoms with E-state index in [2.05, 4.69) is 12.1 Å². The summed E-state index contributed by atoms with van der Waals surface area (Å²) >= 11 is 13.7. The molecule has 0 aromatic heterocycles. The van der Waals surface area contributed by atoms with E-state index in [0.29, 0.717) is 26.7 Å². The number of benzene rings is 3. The van der Waals surface area contributed by atoms with Crippen LogP contribution >= 0.6 is 35.0 Å². The molecule has 3 nitrogen and oxygen atoms in total. The number of rotatable bonds is 5. The third-order valence-corrected chi connectivity index (χ3v) is 6.15. The van der Waals surface area contributed by atoms with Crippen LogP contribution in [0, 0.1) is 0 Å². The Morgan fingerprint density at radius 3 is 2.33 bits per heavy atom. The largest absolute Gasteiger partial charge is 0.286 e. The summed E-state index contributed by atoms with van der Waals surface area (Å²) in [4.78, 5) is 20.2. The highest BCUT2D eigenvalue weighted by Gasteiger charge is 2.33. The maximum atomic E-state index is 13.2. The monoisotopic (exact) mass is 452 g/mol. The quantitative estimate of drug-likeness (QED) is 0.396. The molecule has 0 aliphatic carbocycles. The lowest BCUT2D eigenvalue weighted by Crippen LogP contribution is -2.31. The number of carbonyl (C=O) groups excluding carboxylic acids is 1. The molecule has 1 fully saturated rings. The lowest BCUT2D eigenvalue weighted by Gasteiger charge is -2.15. The van der Waals surface area contributed by atoms with Gasteiger partial charge in [0.05, 0.1) is 10.6 Å². The second-order valence-corrected chi connectivity index (χ2v) is 8.55. The first-order valence-electron chi connectivity index (χ1n) is 9.44. The fraction of sp³-hybridized carbons (Fsp3) is 0.0833. The van der Waals surface area contributed by atoms with Crippen molar-refractivity contribution in [1.29, 1.82) is 0 Å². The number of para-hydroxylation sites is 1. The Morgan fingerprint density at radius 2 is 1.63 bits per heavy atom. The fourth-order valence-electron chi connectivity index (χ4n) is 3.05. The van der Waals surface area contributed by atoms with Gasteiger partial charge in [-0.25, -0.2) is 4.99 Å². The van der Waals surface area contributed by atoms with Gasteiger partial charge in [0.15, 0.2) is 5.17 Å². The predicted molar refractivity (Wildman–Crippen MR) is 127 cm³/mol. The summed E-state index contributed by atoms with van der Waals surface area (Å²) in [5, 5.41) is 1.73. The fourth-order valence-corrected chi connectivity index (χ4v) is 4.53. The van der Waals surface area contributed by atoms with Crippen LogP contribution in [0.1, 0.15) is 11.1 Å². The zero-order chi connectivity index (χ0) is 20.9. The summed E-state index contributed by atoms with van der Waals surface area (Å²) in [5.74, 6) is -0.0726. The summed E-state index contributed by atoms with van der Waals surface area (Å²) in [5.41, 5.74) is 2.73. The first-order valence-corrected chi connectivity index (χ1v) is 11.0. The van der Waals surface area contributed by atoms with Crippen molar-refractivity contribution in [3.8, 4) is 0 Å². The highest BCUT2D eigenvalue weighted by molar-refractivity contribution is 8.18. The topological polar surface area (TPSA) is 32.7 Å². The molecular formula is C24H18Cl2N2OS. The molecule has 1 heterocycles. The highest BCUT2D eigenvalue weighted by atomic mass is 35.5. The second kappa shape index (κ2) is 9.52. The number of hydrogen-bond donors (Lipinski definition) is 0. The summed E-state index contributed by atoms with van der Waals surface area (Å²) in [6.45, 7) is 0.549. The minimum atomic E-state index is -0.0726. The number of carbonyl (C=O) groups is 1. The van der Waals surface area contributed by atoms with E-state index in [1.807, 2.05) is 54.6 Å². The minimum Gasteiger partial charge on any atom is -0.286 e. The van der Waals surface area contributed by atoms with Gasteiger partial charge in [0.2, 0.25) is 0 Å².